The molecule has 3 aliphatic heterocycles. The summed E-state index contributed by atoms with van der Waals surface area (Å²) in [7, 11) is 3.53. The Kier molecular flexibility index (Phi) is 5.44. The molecule has 0 aliphatic carbocycles. The van der Waals surface area contributed by atoms with Crippen molar-refractivity contribution >= 4 is 45.8 Å². The van der Waals surface area contributed by atoms with Crippen LogP contribution in [0.25, 0.3) is 0 Å². The Labute approximate surface area is 219 Å². The van der Waals surface area contributed by atoms with Crippen molar-refractivity contribution in [1.82, 2.24) is 9.80 Å². The smallest absolute Gasteiger partial charge is 0.251 e. The third kappa shape index (κ3) is 2.98. The SMILES string of the molecule is COc1ccc2c(c1)C1(C(=O)N2)N(C)CC(c2ccccc2)C12SC(=S)N(Cc1ccccc1)C2=O. The van der Waals surface area contributed by atoms with Crippen LogP contribution >= 0.6 is 24.0 Å². The summed E-state index contributed by atoms with van der Waals surface area (Å²) >= 11 is 7.22. The van der Waals surface area contributed by atoms with Gasteiger partial charge in [0.15, 0.2) is 5.54 Å². The number of benzene rings is 3. The van der Waals surface area contributed by atoms with Crippen LogP contribution in [0.15, 0.2) is 78.9 Å². The van der Waals surface area contributed by atoms with E-state index in [-0.39, 0.29) is 17.7 Å². The lowest BCUT2D eigenvalue weighted by atomic mass is 9.72. The summed E-state index contributed by atoms with van der Waals surface area (Å²) in [6, 6.07) is 25.4. The van der Waals surface area contributed by atoms with Gasteiger partial charge in [0.05, 0.1) is 13.7 Å². The fourth-order valence-electron chi connectivity index (χ4n) is 6.11. The van der Waals surface area contributed by atoms with Crippen LogP contribution in [0, 0.1) is 0 Å². The molecule has 6 nitrogen and oxygen atoms in total. The number of thioether (sulfide) groups is 1. The third-order valence-electron chi connectivity index (χ3n) is 7.67. The van der Waals surface area contributed by atoms with E-state index in [0.29, 0.717) is 28.8 Å². The number of ether oxygens (including phenoxy) is 1. The predicted molar refractivity (Wildman–Crippen MR) is 145 cm³/mol. The Morgan fingerprint density at radius 1 is 1.06 bits per heavy atom. The standard InChI is InChI=1S/C28H25N3O3S2/c1-30-17-22(19-11-7-4-8-12-19)28(25(33)31(26(35)36-28)16-18-9-5-3-6-10-18)27(30)21-15-20(34-2)13-14-23(21)29-24(27)32/h3-15,22H,16-17H2,1-2H3,(H,29,32). The normalized spacial score (nSPS) is 27.2. The molecule has 8 heteroatoms. The van der Waals surface area contributed by atoms with Crippen LogP contribution in [0.3, 0.4) is 0 Å². The molecule has 1 N–H and O–H groups in total. The zero-order valence-corrected chi connectivity index (χ0v) is 21.6. The van der Waals surface area contributed by atoms with Gasteiger partial charge in [0, 0.05) is 23.7 Å². The predicted octanol–water partition coefficient (Wildman–Crippen LogP) is 4.37. The zero-order valence-electron chi connectivity index (χ0n) is 19.9. The summed E-state index contributed by atoms with van der Waals surface area (Å²) in [4.78, 5) is 32.5. The molecule has 2 spiro atoms. The number of anilines is 1. The monoisotopic (exact) mass is 515 g/mol. The Bertz CT molecular complexity index is 1380. The average Bonchev–Trinajstić information content (AvgIpc) is 3.44. The number of hydrogen-bond donors (Lipinski definition) is 1. The Morgan fingerprint density at radius 2 is 1.75 bits per heavy atom. The maximum atomic E-state index is 14.7. The van der Waals surface area contributed by atoms with Crippen LogP contribution in [0.2, 0.25) is 0 Å². The topological polar surface area (TPSA) is 61.9 Å². The van der Waals surface area contributed by atoms with Crippen molar-refractivity contribution in [1.29, 1.82) is 0 Å². The van der Waals surface area contributed by atoms with Gasteiger partial charge < -0.3 is 10.1 Å². The van der Waals surface area contributed by atoms with Crippen molar-refractivity contribution in [2.75, 3.05) is 26.0 Å². The van der Waals surface area contributed by atoms with Gasteiger partial charge >= 0.3 is 0 Å². The summed E-state index contributed by atoms with van der Waals surface area (Å²) in [5, 5.41) is 3.07. The van der Waals surface area contributed by atoms with Gasteiger partial charge in [0.2, 0.25) is 5.91 Å². The van der Waals surface area contributed by atoms with Crippen molar-refractivity contribution in [3.63, 3.8) is 0 Å². The largest absolute Gasteiger partial charge is 0.497 e. The summed E-state index contributed by atoms with van der Waals surface area (Å²) in [5.74, 6) is 0.0283. The molecular formula is C28H25N3O3S2. The molecular weight excluding hydrogens is 490 g/mol. The number of methoxy groups -OCH3 is 1. The van der Waals surface area contributed by atoms with Crippen molar-refractivity contribution in [3.8, 4) is 5.75 Å². The molecule has 3 aromatic rings. The molecule has 2 fully saturated rings. The minimum Gasteiger partial charge on any atom is -0.497 e. The van der Waals surface area contributed by atoms with E-state index < -0.39 is 10.3 Å². The molecule has 36 heavy (non-hydrogen) atoms. The lowest BCUT2D eigenvalue weighted by Gasteiger charge is -2.41. The maximum absolute atomic E-state index is 14.7. The molecule has 2 saturated heterocycles. The number of hydrogen-bond acceptors (Lipinski definition) is 6. The number of likely N-dealkylation sites (N-methyl/N-ethyl adjacent to an activating group) is 1. The Hall–Kier alpha value is -3.20. The minimum atomic E-state index is -1.26. The molecule has 3 heterocycles. The van der Waals surface area contributed by atoms with E-state index in [1.54, 1.807) is 12.0 Å². The van der Waals surface area contributed by atoms with Crippen LogP contribution in [0.1, 0.15) is 22.6 Å². The number of fused-ring (bicyclic) bond motifs is 3. The molecule has 0 saturated carbocycles. The number of nitrogens with one attached hydrogen (secondary N) is 1. The van der Waals surface area contributed by atoms with Gasteiger partial charge in [-0.15, -0.1) is 0 Å². The number of carbonyl (C=O) groups is 2. The first kappa shape index (κ1) is 23.2. The van der Waals surface area contributed by atoms with Gasteiger partial charge in [0.1, 0.15) is 14.8 Å². The van der Waals surface area contributed by atoms with E-state index in [0.717, 1.165) is 16.7 Å². The van der Waals surface area contributed by atoms with E-state index in [2.05, 4.69) is 5.32 Å². The first-order chi connectivity index (χ1) is 17.4. The third-order valence-corrected chi connectivity index (χ3v) is 9.61. The molecule has 6 rings (SSSR count). The van der Waals surface area contributed by atoms with Crippen LogP contribution < -0.4 is 10.1 Å². The summed E-state index contributed by atoms with van der Waals surface area (Å²) in [6.45, 7) is 0.885. The van der Waals surface area contributed by atoms with E-state index >= 15 is 0 Å². The van der Waals surface area contributed by atoms with Crippen molar-refractivity contribution in [2.24, 2.45) is 0 Å². The lowest BCUT2D eigenvalue weighted by Crippen LogP contribution is -2.61. The summed E-state index contributed by atoms with van der Waals surface area (Å²) in [6.07, 6.45) is 0. The minimum absolute atomic E-state index is 0.134. The number of rotatable bonds is 4. The highest BCUT2D eigenvalue weighted by atomic mass is 32.2. The lowest BCUT2D eigenvalue weighted by molar-refractivity contribution is -0.138. The van der Waals surface area contributed by atoms with Crippen LogP contribution in [-0.4, -0.2) is 51.4 Å². The molecule has 3 unspecified atom stereocenters. The van der Waals surface area contributed by atoms with E-state index in [1.165, 1.54) is 11.8 Å². The first-order valence-corrected chi connectivity index (χ1v) is 13.0. The van der Waals surface area contributed by atoms with Gasteiger partial charge in [0.25, 0.3) is 5.91 Å². The summed E-state index contributed by atoms with van der Waals surface area (Å²) in [5.41, 5.74) is 2.19. The molecule has 3 aliphatic rings. The fraction of sp³-hybridized carbons (Fsp3) is 0.250. The second kappa shape index (κ2) is 8.44. The van der Waals surface area contributed by atoms with E-state index in [9.17, 15) is 9.59 Å². The molecule has 2 amide bonds. The number of carbonyl (C=O) groups excluding carboxylic acids is 2. The van der Waals surface area contributed by atoms with Crippen molar-refractivity contribution in [2.45, 2.75) is 22.7 Å². The highest BCUT2D eigenvalue weighted by Gasteiger charge is 2.77. The number of nitrogens with zero attached hydrogens (tertiary/aromatic N) is 2. The maximum Gasteiger partial charge on any atom is 0.251 e. The highest BCUT2D eigenvalue weighted by molar-refractivity contribution is 8.25. The van der Waals surface area contributed by atoms with Crippen LogP contribution in [0.4, 0.5) is 5.69 Å². The van der Waals surface area contributed by atoms with Gasteiger partial charge in [-0.3, -0.25) is 19.4 Å². The van der Waals surface area contributed by atoms with Gasteiger partial charge in [-0.05, 0) is 36.4 Å². The molecule has 0 bridgehead atoms. The zero-order chi connectivity index (χ0) is 25.1. The highest BCUT2D eigenvalue weighted by Crippen LogP contribution is 2.66. The van der Waals surface area contributed by atoms with Gasteiger partial charge in [-0.1, -0.05) is 84.6 Å². The number of thiocarbonyl (C=S) groups is 1. The van der Waals surface area contributed by atoms with Gasteiger partial charge in [-0.2, -0.15) is 0 Å². The van der Waals surface area contributed by atoms with Crippen molar-refractivity contribution in [3.05, 3.63) is 95.6 Å². The number of likely N-dealkylation sites (tertiary alicyclic amines) is 1. The molecule has 182 valence electrons. The quantitative estimate of drug-likeness (QED) is 0.521. The van der Waals surface area contributed by atoms with Crippen LogP contribution in [-0.2, 0) is 21.7 Å². The summed E-state index contributed by atoms with van der Waals surface area (Å²) < 4.78 is 4.84. The fourth-order valence-corrected chi connectivity index (χ4v) is 8.24. The van der Waals surface area contributed by atoms with E-state index in [1.807, 2.05) is 90.8 Å². The first-order valence-electron chi connectivity index (χ1n) is 11.8. The van der Waals surface area contributed by atoms with Crippen LogP contribution in [0.5, 0.6) is 5.75 Å². The second-order valence-corrected chi connectivity index (χ2v) is 11.3. The molecule has 3 aromatic carbocycles. The van der Waals surface area contributed by atoms with Gasteiger partial charge in [-0.25, -0.2) is 0 Å². The number of amides is 2. The van der Waals surface area contributed by atoms with E-state index in [4.69, 9.17) is 17.0 Å². The second-order valence-electron chi connectivity index (χ2n) is 9.40. The Balaban J connectivity index is 1.58. The molecule has 0 aromatic heterocycles. The Morgan fingerprint density at radius 3 is 2.44 bits per heavy atom. The molecule has 3 atom stereocenters. The average molecular weight is 516 g/mol. The van der Waals surface area contributed by atoms with Crippen molar-refractivity contribution < 1.29 is 14.3 Å². The molecule has 0 radical (unpaired) electrons.